The Kier molecular flexibility index (Phi) is 1.48. The zero-order valence-corrected chi connectivity index (χ0v) is 6.84. The molecular weight excluding hydrogens is 172 g/mol. The quantitative estimate of drug-likeness (QED) is 0.481. The van der Waals surface area contributed by atoms with E-state index in [2.05, 4.69) is 9.97 Å². The molecule has 2 aromatic heterocycles. The summed E-state index contributed by atoms with van der Waals surface area (Å²) < 4.78 is 1.41. The van der Waals surface area contributed by atoms with Gasteiger partial charge in [0.1, 0.15) is 12.4 Å². The number of aryl methyl sites for hydroxylation is 1. The van der Waals surface area contributed by atoms with Crippen molar-refractivity contribution in [2.75, 3.05) is 0 Å². The minimum Gasteiger partial charge on any atom is -0.358 e. The molecule has 6 heteroatoms. The topological polar surface area (TPSA) is 73.3 Å². The first kappa shape index (κ1) is 7.66. The Morgan fingerprint density at radius 1 is 1.54 bits per heavy atom. The Hall–Kier alpha value is -1.98. The van der Waals surface area contributed by atoms with E-state index in [-0.39, 0.29) is 5.82 Å². The Balaban J connectivity index is 2.82. The fraction of sp³-hybridized carbons (Fsp3) is 0.143. The minimum absolute atomic E-state index is 0.0712. The van der Waals surface area contributed by atoms with Crippen LogP contribution in [0.15, 0.2) is 18.6 Å². The molecule has 0 spiro atoms. The van der Waals surface area contributed by atoms with Gasteiger partial charge in [-0.1, -0.05) is 0 Å². The van der Waals surface area contributed by atoms with E-state index in [9.17, 15) is 10.1 Å². The number of hydrogen-bond acceptors (Lipinski definition) is 4. The number of nitrogens with zero attached hydrogens (tertiary/aromatic N) is 4. The summed E-state index contributed by atoms with van der Waals surface area (Å²) in [5.41, 5.74) is 1.22. The molecular formula is C7H6N4O2. The third-order valence-electron chi connectivity index (χ3n) is 1.67. The molecule has 0 amide bonds. The van der Waals surface area contributed by atoms with Crippen LogP contribution in [-0.2, 0) is 0 Å². The molecule has 0 bridgehead atoms. The van der Waals surface area contributed by atoms with Gasteiger partial charge in [-0.15, -0.1) is 0 Å². The molecule has 0 aliphatic carbocycles. The lowest BCUT2D eigenvalue weighted by Crippen LogP contribution is -1.97. The smallest absolute Gasteiger partial charge is 0.347 e. The van der Waals surface area contributed by atoms with E-state index in [1.54, 1.807) is 13.1 Å². The fourth-order valence-electron chi connectivity index (χ4n) is 1.16. The molecule has 2 heterocycles. The lowest BCUT2D eigenvalue weighted by molar-refractivity contribution is -0.390. The van der Waals surface area contributed by atoms with E-state index in [0.29, 0.717) is 5.65 Å². The first-order valence-electron chi connectivity index (χ1n) is 3.62. The minimum atomic E-state index is -0.485. The molecule has 2 rings (SSSR count). The van der Waals surface area contributed by atoms with Crippen LogP contribution in [0.1, 0.15) is 5.69 Å². The van der Waals surface area contributed by atoms with Crippen molar-refractivity contribution in [2.45, 2.75) is 6.92 Å². The number of hydrogen-bond donors (Lipinski definition) is 0. The molecule has 6 nitrogen and oxygen atoms in total. The van der Waals surface area contributed by atoms with E-state index in [1.807, 2.05) is 0 Å². The van der Waals surface area contributed by atoms with Gasteiger partial charge in [-0.05, 0) is 11.8 Å². The highest BCUT2D eigenvalue weighted by molar-refractivity contribution is 5.42. The zero-order chi connectivity index (χ0) is 9.42. The van der Waals surface area contributed by atoms with Gasteiger partial charge in [-0.2, -0.15) is 4.40 Å². The van der Waals surface area contributed by atoms with Gasteiger partial charge in [0.25, 0.3) is 0 Å². The number of nitro groups is 1. The fourth-order valence-corrected chi connectivity index (χ4v) is 1.16. The predicted octanol–water partition coefficient (Wildman–Crippen LogP) is 0.946. The zero-order valence-electron chi connectivity index (χ0n) is 6.84. The molecule has 0 saturated carbocycles. The first-order chi connectivity index (χ1) is 6.18. The second-order valence-corrected chi connectivity index (χ2v) is 2.63. The van der Waals surface area contributed by atoms with Crippen molar-refractivity contribution < 1.29 is 4.92 Å². The van der Waals surface area contributed by atoms with E-state index in [1.165, 1.54) is 16.8 Å². The summed E-state index contributed by atoms with van der Waals surface area (Å²) in [5, 5.41) is 10.5. The van der Waals surface area contributed by atoms with Crippen LogP contribution < -0.4 is 0 Å². The SMILES string of the molecule is Cc1cn2c([N+](=O)[O-])cncc2n1. The first-order valence-corrected chi connectivity index (χ1v) is 3.62. The van der Waals surface area contributed by atoms with Crippen LogP contribution in [0.4, 0.5) is 5.82 Å². The lowest BCUT2D eigenvalue weighted by atomic mass is 10.6. The number of rotatable bonds is 1. The van der Waals surface area contributed by atoms with Crippen LogP contribution in [0, 0.1) is 17.0 Å². The molecule has 0 aliphatic heterocycles. The number of imidazole rings is 1. The van der Waals surface area contributed by atoms with E-state index < -0.39 is 4.92 Å². The summed E-state index contributed by atoms with van der Waals surface area (Å²) in [5.74, 6) is -0.0712. The van der Waals surface area contributed by atoms with Crippen LogP contribution in [-0.4, -0.2) is 19.3 Å². The van der Waals surface area contributed by atoms with Crippen molar-refractivity contribution in [1.29, 1.82) is 0 Å². The van der Waals surface area contributed by atoms with E-state index in [0.717, 1.165) is 5.69 Å². The number of fused-ring (bicyclic) bond motifs is 1. The maximum atomic E-state index is 10.5. The molecule has 0 atom stereocenters. The molecule has 0 fully saturated rings. The van der Waals surface area contributed by atoms with Crippen LogP contribution in [0.2, 0.25) is 0 Å². The third-order valence-corrected chi connectivity index (χ3v) is 1.67. The summed E-state index contributed by atoms with van der Waals surface area (Å²) in [6.45, 7) is 1.77. The molecule has 0 aromatic carbocycles. The van der Waals surface area contributed by atoms with Gasteiger partial charge in [-0.25, -0.2) is 9.97 Å². The summed E-state index contributed by atoms with van der Waals surface area (Å²) >= 11 is 0. The van der Waals surface area contributed by atoms with Gasteiger partial charge in [0, 0.05) is 0 Å². The monoisotopic (exact) mass is 178 g/mol. The Morgan fingerprint density at radius 2 is 2.31 bits per heavy atom. The van der Waals surface area contributed by atoms with Gasteiger partial charge in [-0.3, -0.25) is 0 Å². The predicted molar refractivity (Wildman–Crippen MR) is 44.4 cm³/mol. The Morgan fingerprint density at radius 3 is 3.00 bits per heavy atom. The largest absolute Gasteiger partial charge is 0.358 e. The third kappa shape index (κ3) is 1.12. The second kappa shape index (κ2) is 2.51. The second-order valence-electron chi connectivity index (χ2n) is 2.63. The Bertz CT molecular complexity index is 476. The summed E-state index contributed by atoms with van der Waals surface area (Å²) in [7, 11) is 0. The van der Waals surface area contributed by atoms with Crippen LogP contribution in [0.25, 0.3) is 5.65 Å². The maximum absolute atomic E-state index is 10.5. The highest BCUT2D eigenvalue weighted by atomic mass is 16.6. The molecule has 13 heavy (non-hydrogen) atoms. The van der Waals surface area contributed by atoms with Crippen molar-refractivity contribution >= 4 is 11.5 Å². The molecule has 2 aromatic rings. The molecule has 0 radical (unpaired) electrons. The average molecular weight is 178 g/mol. The van der Waals surface area contributed by atoms with Crippen molar-refractivity contribution in [3.05, 3.63) is 34.4 Å². The highest BCUT2D eigenvalue weighted by Gasteiger charge is 2.12. The van der Waals surface area contributed by atoms with Gasteiger partial charge >= 0.3 is 5.82 Å². The summed E-state index contributed by atoms with van der Waals surface area (Å²) in [4.78, 5) is 17.8. The van der Waals surface area contributed by atoms with Crippen LogP contribution in [0.5, 0.6) is 0 Å². The molecule has 66 valence electrons. The summed E-state index contributed by atoms with van der Waals surface area (Å²) in [6.07, 6.45) is 4.29. The Labute approximate surface area is 73.0 Å². The van der Waals surface area contributed by atoms with Crippen LogP contribution >= 0.6 is 0 Å². The standard InChI is InChI=1S/C7H6N4O2/c1-5-4-10-6(9-5)2-8-3-7(10)11(12)13/h2-4H,1H3. The molecule has 0 unspecified atom stereocenters. The van der Waals surface area contributed by atoms with Crippen molar-refractivity contribution in [3.63, 3.8) is 0 Å². The van der Waals surface area contributed by atoms with Crippen molar-refractivity contribution in [3.8, 4) is 0 Å². The van der Waals surface area contributed by atoms with Gasteiger partial charge in [0.2, 0.25) is 5.65 Å². The lowest BCUT2D eigenvalue weighted by Gasteiger charge is -1.94. The van der Waals surface area contributed by atoms with Gasteiger partial charge < -0.3 is 10.1 Å². The van der Waals surface area contributed by atoms with Crippen molar-refractivity contribution in [1.82, 2.24) is 14.4 Å². The highest BCUT2D eigenvalue weighted by Crippen LogP contribution is 2.12. The van der Waals surface area contributed by atoms with E-state index in [4.69, 9.17) is 0 Å². The van der Waals surface area contributed by atoms with Gasteiger partial charge in [0.15, 0.2) is 0 Å². The van der Waals surface area contributed by atoms with Crippen molar-refractivity contribution in [2.24, 2.45) is 0 Å². The van der Waals surface area contributed by atoms with Gasteiger partial charge in [0.05, 0.1) is 11.9 Å². The summed E-state index contributed by atoms with van der Waals surface area (Å²) in [6, 6.07) is 0. The number of aromatic nitrogens is 3. The van der Waals surface area contributed by atoms with E-state index >= 15 is 0 Å². The molecule has 0 aliphatic rings. The molecule has 0 N–H and O–H groups in total. The normalized spacial score (nSPS) is 10.5. The average Bonchev–Trinajstić information content (AvgIpc) is 2.43. The van der Waals surface area contributed by atoms with Crippen LogP contribution in [0.3, 0.4) is 0 Å². The maximum Gasteiger partial charge on any atom is 0.347 e. The molecule has 0 saturated heterocycles.